The number of hydrogen-bond donors (Lipinski definition) is 2. The van der Waals surface area contributed by atoms with E-state index in [1.54, 1.807) is 24.3 Å². The van der Waals surface area contributed by atoms with E-state index >= 15 is 0 Å². The molecular formula is C21H22N4O6S2. The van der Waals surface area contributed by atoms with E-state index in [2.05, 4.69) is 15.0 Å². The molecule has 10 nitrogen and oxygen atoms in total. The average molecular weight is 491 g/mol. The molecule has 0 saturated heterocycles. The van der Waals surface area contributed by atoms with Gasteiger partial charge in [0.15, 0.2) is 0 Å². The Morgan fingerprint density at radius 3 is 2.18 bits per heavy atom. The number of carbonyl (C=O) groups is 1. The Hall–Kier alpha value is -3.64. The average Bonchev–Trinajstić information content (AvgIpc) is 2.77. The number of carbonyl (C=O) groups excluding carboxylic acids is 1. The van der Waals surface area contributed by atoms with Crippen molar-refractivity contribution >= 4 is 43.1 Å². The maximum Gasteiger partial charge on any atom is 0.263 e. The Kier molecular flexibility index (Phi) is 7.19. The van der Waals surface area contributed by atoms with Crippen molar-refractivity contribution in [2.24, 2.45) is 0 Å². The van der Waals surface area contributed by atoms with E-state index in [0.29, 0.717) is 17.1 Å². The highest BCUT2D eigenvalue weighted by molar-refractivity contribution is 7.92. The van der Waals surface area contributed by atoms with Gasteiger partial charge in [0.05, 0.1) is 23.9 Å². The van der Waals surface area contributed by atoms with E-state index in [1.807, 2.05) is 0 Å². The van der Waals surface area contributed by atoms with Crippen molar-refractivity contribution in [2.45, 2.75) is 4.90 Å². The van der Waals surface area contributed by atoms with E-state index in [-0.39, 0.29) is 10.7 Å². The van der Waals surface area contributed by atoms with Gasteiger partial charge in [0.25, 0.3) is 10.0 Å². The van der Waals surface area contributed by atoms with Crippen LogP contribution >= 0.6 is 0 Å². The normalized spacial score (nSPS) is 11.5. The second-order valence-corrected chi connectivity index (χ2v) is 10.4. The zero-order chi connectivity index (χ0) is 24.1. The Bertz CT molecular complexity index is 1310. The summed E-state index contributed by atoms with van der Waals surface area (Å²) in [5, 5.41) is 2.57. The molecule has 1 heterocycles. The molecule has 1 amide bonds. The van der Waals surface area contributed by atoms with Crippen molar-refractivity contribution in [3.63, 3.8) is 0 Å². The van der Waals surface area contributed by atoms with Crippen molar-refractivity contribution in [3.05, 3.63) is 72.9 Å². The fourth-order valence-electron chi connectivity index (χ4n) is 2.82. The smallest absolute Gasteiger partial charge is 0.263 e. The van der Waals surface area contributed by atoms with Crippen LogP contribution in [-0.2, 0) is 24.8 Å². The molecule has 0 fully saturated rings. The van der Waals surface area contributed by atoms with Gasteiger partial charge in [0.1, 0.15) is 18.1 Å². The highest BCUT2D eigenvalue weighted by Crippen LogP contribution is 2.22. The first-order chi connectivity index (χ1) is 15.6. The Morgan fingerprint density at radius 2 is 1.64 bits per heavy atom. The second-order valence-electron chi connectivity index (χ2n) is 6.86. The quantitative estimate of drug-likeness (QED) is 0.470. The van der Waals surface area contributed by atoms with Crippen LogP contribution in [0.15, 0.2) is 77.8 Å². The van der Waals surface area contributed by atoms with Crippen LogP contribution in [0.4, 0.5) is 17.2 Å². The van der Waals surface area contributed by atoms with Crippen molar-refractivity contribution in [1.29, 1.82) is 0 Å². The number of rotatable bonds is 9. The zero-order valence-corrected chi connectivity index (χ0v) is 19.4. The van der Waals surface area contributed by atoms with Gasteiger partial charge in [0.2, 0.25) is 15.9 Å². The van der Waals surface area contributed by atoms with Gasteiger partial charge in [-0.15, -0.1) is 0 Å². The summed E-state index contributed by atoms with van der Waals surface area (Å²) in [7, 11) is -6.12. The number of nitrogens with one attached hydrogen (secondary N) is 2. The Morgan fingerprint density at radius 1 is 0.970 bits per heavy atom. The molecule has 12 heteroatoms. The molecular weight excluding hydrogens is 468 g/mol. The molecule has 0 aliphatic carbocycles. The summed E-state index contributed by atoms with van der Waals surface area (Å²) in [6.45, 7) is -0.466. The molecule has 33 heavy (non-hydrogen) atoms. The van der Waals surface area contributed by atoms with E-state index in [9.17, 15) is 21.6 Å². The predicted octanol–water partition coefficient (Wildman–Crippen LogP) is 2.30. The van der Waals surface area contributed by atoms with Crippen LogP contribution in [0, 0.1) is 0 Å². The Balaban J connectivity index is 1.70. The maximum atomic E-state index is 12.5. The first-order valence-corrected chi connectivity index (χ1v) is 12.9. The summed E-state index contributed by atoms with van der Waals surface area (Å²) in [5.41, 5.74) is 0.607. The number of aromatic nitrogens is 1. The molecule has 0 radical (unpaired) electrons. The number of anilines is 3. The van der Waals surface area contributed by atoms with Crippen LogP contribution < -0.4 is 19.1 Å². The summed E-state index contributed by atoms with van der Waals surface area (Å²) < 4.78 is 57.8. The molecule has 0 atom stereocenters. The van der Waals surface area contributed by atoms with Crippen molar-refractivity contribution in [3.8, 4) is 5.75 Å². The van der Waals surface area contributed by atoms with Crippen LogP contribution in [0.25, 0.3) is 0 Å². The molecule has 174 valence electrons. The van der Waals surface area contributed by atoms with Gasteiger partial charge in [-0.1, -0.05) is 6.07 Å². The highest BCUT2D eigenvalue weighted by Gasteiger charge is 2.21. The number of hydrogen-bond acceptors (Lipinski definition) is 7. The lowest BCUT2D eigenvalue weighted by molar-refractivity contribution is -0.114. The van der Waals surface area contributed by atoms with Crippen LogP contribution in [0.2, 0.25) is 0 Å². The largest absolute Gasteiger partial charge is 0.497 e. The number of benzene rings is 2. The second kappa shape index (κ2) is 9.88. The number of amides is 1. The number of sulfonamides is 2. The standard InChI is InChI=1S/C21H22N4O6S2/c1-31-18-10-8-17(9-11-18)25(32(2,27)28)15-21(26)23-16-6-12-19(13-7-16)33(29,30)24-20-5-3-4-14-22-20/h3-14H,15H2,1-2H3,(H,22,24)(H,23,26). The predicted molar refractivity (Wildman–Crippen MR) is 125 cm³/mol. The van der Waals surface area contributed by atoms with Crippen molar-refractivity contribution < 1.29 is 26.4 Å². The molecule has 0 bridgehead atoms. The molecule has 3 rings (SSSR count). The topological polar surface area (TPSA) is 135 Å². The number of pyridine rings is 1. The third-order valence-corrected chi connectivity index (χ3v) is 6.91. The zero-order valence-electron chi connectivity index (χ0n) is 17.8. The minimum absolute atomic E-state index is 0.0258. The van der Waals surface area contributed by atoms with Gasteiger partial charge in [-0.25, -0.2) is 21.8 Å². The number of methoxy groups -OCH3 is 1. The lowest BCUT2D eigenvalue weighted by Crippen LogP contribution is -2.37. The van der Waals surface area contributed by atoms with Crippen LogP contribution in [-0.4, -0.2) is 47.6 Å². The van der Waals surface area contributed by atoms with Gasteiger partial charge < -0.3 is 10.1 Å². The van der Waals surface area contributed by atoms with E-state index < -0.39 is 32.5 Å². The molecule has 0 spiro atoms. The fraction of sp³-hybridized carbons (Fsp3) is 0.143. The first-order valence-electron chi connectivity index (χ1n) is 9.54. The minimum Gasteiger partial charge on any atom is -0.497 e. The summed E-state index contributed by atoms with van der Waals surface area (Å²) >= 11 is 0. The summed E-state index contributed by atoms with van der Waals surface area (Å²) in [6, 6.07) is 16.5. The summed E-state index contributed by atoms with van der Waals surface area (Å²) in [5.74, 6) is 0.122. The maximum absolute atomic E-state index is 12.5. The highest BCUT2D eigenvalue weighted by atomic mass is 32.2. The number of nitrogens with zero attached hydrogens (tertiary/aromatic N) is 2. The van der Waals surface area contributed by atoms with Gasteiger partial charge in [-0.2, -0.15) is 0 Å². The monoisotopic (exact) mass is 490 g/mol. The van der Waals surface area contributed by atoms with E-state index in [0.717, 1.165) is 10.6 Å². The molecule has 0 unspecified atom stereocenters. The summed E-state index contributed by atoms with van der Waals surface area (Å²) in [6.07, 6.45) is 2.46. The first kappa shape index (κ1) is 24.0. The third-order valence-electron chi connectivity index (χ3n) is 4.40. The Labute approximate surface area is 192 Å². The van der Waals surface area contributed by atoms with Gasteiger partial charge in [0, 0.05) is 11.9 Å². The third kappa shape index (κ3) is 6.43. The number of ether oxygens (including phenoxy) is 1. The van der Waals surface area contributed by atoms with E-state index in [1.165, 1.54) is 55.8 Å². The fourth-order valence-corrected chi connectivity index (χ4v) is 4.68. The summed E-state index contributed by atoms with van der Waals surface area (Å²) in [4.78, 5) is 16.4. The van der Waals surface area contributed by atoms with Gasteiger partial charge in [-0.05, 0) is 60.7 Å². The SMILES string of the molecule is COc1ccc(N(CC(=O)Nc2ccc(S(=O)(=O)Nc3ccccn3)cc2)S(C)(=O)=O)cc1. The molecule has 0 saturated carbocycles. The van der Waals surface area contributed by atoms with Crippen LogP contribution in [0.1, 0.15) is 0 Å². The lowest BCUT2D eigenvalue weighted by Gasteiger charge is -2.22. The molecule has 2 aromatic carbocycles. The molecule has 2 N–H and O–H groups in total. The van der Waals surface area contributed by atoms with Crippen molar-refractivity contribution in [2.75, 3.05) is 34.3 Å². The van der Waals surface area contributed by atoms with Crippen molar-refractivity contribution in [1.82, 2.24) is 4.98 Å². The van der Waals surface area contributed by atoms with Gasteiger partial charge in [-0.3, -0.25) is 13.8 Å². The molecule has 1 aromatic heterocycles. The molecule has 0 aliphatic heterocycles. The van der Waals surface area contributed by atoms with Crippen LogP contribution in [0.3, 0.4) is 0 Å². The molecule has 3 aromatic rings. The molecule has 0 aliphatic rings. The van der Waals surface area contributed by atoms with E-state index in [4.69, 9.17) is 4.74 Å². The minimum atomic E-state index is -3.86. The van der Waals surface area contributed by atoms with Crippen LogP contribution in [0.5, 0.6) is 5.75 Å². The van der Waals surface area contributed by atoms with Gasteiger partial charge >= 0.3 is 0 Å². The lowest BCUT2D eigenvalue weighted by atomic mass is 10.3.